The Morgan fingerprint density at radius 2 is 2.09 bits per heavy atom. The van der Waals surface area contributed by atoms with Crippen LogP contribution in [0.1, 0.15) is 30.2 Å². The molecule has 164 valence electrons. The Morgan fingerprint density at radius 1 is 1.28 bits per heavy atom. The third kappa shape index (κ3) is 4.83. The normalized spacial score (nSPS) is 16.3. The number of benzene rings is 2. The first-order valence-corrected chi connectivity index (χ1v) is 10.2. The summed E-state index contributed by atoms with van der Waals surface area (Å²) in [7, 11) is 1.60. The van der Waals surface area contributed by atoms with Crippen molar-refractivity contribution in [3.05, 3.63) is 76.2 Å². The summed E-state index contributed by atoms with van der Waals surface area (Å²) in [6.45, 7) is 1.14. The molecule has 1 atom stereocenters. The molecule has 1 unspecified atom stereocenters. The Labute approximate surface area is 184 Å². The minimum absolute atomic E-state index is 0.0141. The zero-order valence-electron chi connectivity index (χ0n) is 17.5. The van der Waals surface area contributed by atoms with Gasteiger partial charge in [0.1, 0.15) is 5.75 Å². The summed E-state index contributed by atoms with van der Waals surface area (Å²) in [5.41, 5.74) is 1.53. The molecule has 0 aliphatic carbocycles. The standard InChI is InChI=1S/C23H22N4O5/c1-31-20-6-2-4-17(14-20)22-24-23(32-25-22)18-5-3-13-26(15-18)21(28)12-9-16-7-10-19(11-8-16)27(29)30/h2,4,6-12,14,18H,3,5,13,15H2,1H3. The van der Waals surface area contributed by atoms with Crippen molar-refractivity contribution in [1.82, 2.24) is 15.0 Å². The lowest BCUT2D eigenvalue weighted by Crippen LogP contribution is -2.38. The number of piperidine rings is 1. The van der Waals surface area contributed by atoms with E-state index in [4.69, 9.17) is 9.26 Å². The van der Waals surface area contributed by atoms with Gasteiger partial charge >= 0.3 is 0 Å². The van der Waals surface area contributed by atoms with Crippen molar-refractivity contribution in [3.8, 4) is 17.1 Å². The third-order valence-corrected chi connectivity index (χ3v) is 5.37. The van der Waals surface area contributed by atoms with Crippen LogP contribution in [0.3, 0.4) is 0 Å². The number of likely N-dealkylation sites (tertiary alicyclic amines) is 1. The molecule has 9 nitrogen and oxygen atoms in total. The molecule has 2 heterocycles. The van der Waals surface area contributed by atoms with E-state index >= 15 is 0 Å². The van der Waals surface area contributed by atoms with Gasteiger partial charge in [-0.15, -0.1) is 0 Å². The average Bonchev–Trinajstić information content (AvgIpc) is 3.33. The predicted octanol–water partition coefficient (Wildman–Crippen LogP) is 4.07. The van der Waals surface area contributed by atoms with Gasteiger partial charge < -0.3 is 14.2 Å². The van der Waals surface area contributed by atoms with Gasteiger partial charge in [-0.05, 0) is 48.7 Å². The van der Waals surface area contributed by atoms with Gasteiger partial charge in [0.25, 0.3) is 5.69 Å². The minimum atomic E-state index is -0.455. The van der Waals surface area contributed by atoms with Gasteiger partial charge in [-0.3, -0.25) is 14.9 Å². The molecule has 0 N–H and O–H groups in total. The van der Waals surface area contributed by atoms with Crippen molar-refractivity contribution in [1.29, 1.82) is 0 Å². The number of nitrogens with zero attached hydrogens (tertiary/aromatic N) is 4. The second kappa shape index (κ2) is 9.42. The number of carbonyl (C=O) groups is 1. The lowest BCUT2D eigenvalue weighted by molar-refractivity contribution is -0.384. The number of rotatable bonds is 6. The van der Waals surface area contributed by atoms with Crippen LogP contribution in [-0.4, -0.2) is 46.1 Å². The fourth-order valence-electron chi connectivity index (χ4n) is 3.64. The largest absolute Gasteiger partial charge is 0.497 e. The van der Waals surface area contributed by atoms with Crippen molar-refractivity contribution in [2.24, 2.45) is 0 Å². The van der Waals surface area contributed by atoms with Crippen LogP contribution in [-0.2, 0) is 4.79 Å². The molecule has 3 aromatic rings. The van der Waals surface area contributed by atoms with E-state index < -0.39 is 4.92 Å². The molecule has 0 spiro atoms. The number of non-ortho nitro benzene ring substituents is 1. The molecule has 4 rings (SSSR count). The van der Waals surface area contributed by atoms with Crippen LogP contribution >= 0.6 is 0 Å². The summed E-state index contributed by atoms with van der Waals surface area (Å²) in [6.07, 6.45) is 4.83. The molecule has 1 aliphatic heterocycles. The van der Waals surface area contributed by atoms with Crippen LogP contribution in [0.25, 0.3) is 17.5 Å². The lowest BCUT2D eigenvalue weighted by atomic mass is 9.98. The summed E-state index contributed by atoms with van der Waals surface area (Å²) in [5.74, 6) is 1.55. The molecule has 9 heteroatoms. The maximum atomic E-state index is 12.7. The highest BCUT2D eigenvalue weighted by Crippen LogP contribution is 2.28. The first-order valence-electron chi connectivity index (χ1n) is 10.2. The molecule has 1 fully saturated rings. The monoisotopic (exact) mass is 434 g/mol. The number of hydrogen-bond donors (Lipinski definition) is 0. The van der Waals surface area contributed by atoms with E-state index in [1.165, 1.54) is 18.2 Å². The Bertz CT molecular complexity index is 1140. The summed E-state index contributed by atoms with van der Waals surface area (Å²) < 4.78 is 10.8. The number of amides is 1. The fraction of sp³-hybridized carbons (Fsp3) is 0.261. The number of carbonyl (C=O) groups excluding carboxylic acids is 1. The summed E-state index contributed by atoms with van der Waals surface area (Å²) in [5, 5.41) is 14.8. The Kier molecular flexibility index (Phi) is 6.25. The molecular formula is C23H22N4O5. The molecule has 0 saturated carbocycles. The second-order valence-electron chi connectivity index (χ2n) is 7.49. The number of ether oxygens (including phenoxy) is 1. The van der Waals surface area contributed by atoms with Gasteiger partial charge in [0.05, 0.1) is 18.0 Å². The maximum Gasteiger partial charge on any atom is 0.269 e. The second-order valence-corrected chi connectivity index (χ2v) is 7.49. The molecule has 32 heavy (non-hydrogen) atoms. The number of nitro benzene ring substituents is 1. The Morgan fingerprint density at radius 3 is 2.84 bits per heavy atom. The van der Waals surface area contributed by atoms with Gasteiger partial charge in [-0.2, -0.15) is 4.98 Å². The first-order chi connectivity index (χ1) is 15.5. The summed E-state index contributed by atoms with van der Waals surface area (Å²) >= 11 is 0. The van der Waals surface area contributed by atoms with E-state index in [2.05, 4.69) is 10.1 Å². The van der Waals surface area contributed by atoms with E-state index in [1.807, 2.05) is 24.3 Å². The number of methoxy groups -OCH3 is 1. The lowest BCUT2D eigenvalue weighted by Gasteiger charge is -2.30. The van der Waals surface area contributed by atoms with E-state index in [1.54, 1.807) is 30.2 Å². The van der Waals surface area contributed by atoms with Gasteiger partial charge in [-0.25, -0.2) is 0 Å². The molecule has 0 radical (unpaired) electrons. The van der Waals surface area contributed by atoms with Crippen molar-refractivity contribution >= 4 is 17.7 Å². The van der Waals surface area contributed by atoms with Crippen LogP contribution in [0, 0.1) is 10.1 Å². The zero-order chi connectivity index (χ0) is 22.5. The summed E-state index contributed by atoms with van der Waals surface area (Å²) in [4.78, 5) is 29.3. The molecule has 1 aromatic heterocycles. The number of nitro groups is 1. The van der Waals surface area contributed by atoms with Crippen LogP contribution in [0.15, 0.2) is 59.1 Å². The Hall–Kier alpha value is -4.01. The maximum absolute atomic E-state index is 12.7. The van der Waals surface area contributed by atoms with Crippen LogP contribution in [0.2, 0.25) is 0 Å². The van der Waals surface area contributed by atoms with Crippen molar-refractivity contribution in [3.63, 3.8) is 0 Å². The van der Waals surface area contributed by atoms with E-state index in [0.29, 0.717) is 30.6 Å². The van der Waals surface area contributed by atoms with E-state index in [-0.39, 0.29) is 17.5 Å². The SMILES string of the molecule is COc1cccc(-c2noc(C3CCCN(C(=O)C=Cc4ccc([N+](=O)[O-])cc4)C3)n2)c1. The molecule has 0 bridgehead atoms. The van der Waals surface area contributed by atoms with Gasteiger partial charge in [0, 0.05) is 36.9 Å². The Balaban J connectivity index is 1.41. The average molecular weight is 434 g/mol. The quantitative estimate of drug-likeness (QED) is 0.326. The smallest absolute Gasteiger partial charge is 0.269 e. The van der Waals surface area contributed by atoms with Gasteiger partial charge in [-0.1, -0.05) is 17.3 Å². The highest BCUT2D eigenvalue weighted by atomic mass is 16.6. The van der Waals surface area contributed by atoms with Crippen LogP contribution in [0.4, 0.5) is 5.69 Å². The zero-order valence-corrected chi connectivity index (χ0v) is 17.5. The van der Waals surface area contributed by atoms with Crippen molar-refractivity contribution in [2.45, 2.75) is 18.8 Å². The number of hydrogen-bond acceptors (Lipinski definition) is 7. The van der Waals surface area contributed by atoms with Gasteiger partial charge in [0.15, 0.2) is 0 Å². The molecule has 1 aliphatic rings. The molecular weight excluding hydrogens is 412 g/mol. The minimum Gasteiger partial charge on any atom is -0.497 e. The fourth-order valence-corrected chi connectivity index (χ4v) is 3.64. The van der Waals surface area contributed by atoms with E-state index in [9.17, 15) is 14.9 Å². The van der Waals surface area contributed by atoms with E-state index in [0.717, 1.165) is 24.0 Å². The highest BCUT2D eigenvalue weighted by molar-refractivity contribution is 5.91. The van der Waals surface area contributed by atoms with Crippen LogP contribution in [0.5, 0.6) is 5.75 Å². The predicted molar refractivity (Wildman–Crippen MR) is 117 cm³/mol. The third-order valence-electron chi connectivity index (χ3n) is 5.37. The van der Waals surface area contributed by atoms with Gasteiger partial charge in [0.2, 0.25) is 17.6 Å². The van der Waals surface area contributed by atoms with Crippen molar-refractivity contribution < 1.29 is 19.0 Å². The number of aromatic nitrogens is 2. The topological polar surface area (TPSA) is 112 Å². The van der Waals surface area contributed by atoms with Crippen LogP contribution < -0.4 is 4.74 Å². The molecule has 1 saturated heterocycles. The van der Waals surface area contributed by atoms with Crippen molar-refractivity contribution in [2.75, 3.05) is 20.2 Å². The summed E-state index contributed by atoms with van der Waals surface area (Å²) in [6, 6.07) is 13.5. The highest BCUT2D eigenvalue weighted by Gasteiger charge is 2.28. The first kappa shape index (κ1) is 21.2. The molecule has 1 amide bonds. The molecule has 2 aromatic carbocycles.